The minimum atomic E-state index is -0.527. The van der Waals surface area contributed by atoms with Crippen LogP contribution in [0, 0.1) is 0 Å². The summed E-state index contributed by atoms with van der Waals surface area (Å²) in [5, 5.41) is 2.19. The maximum absolute atomic E-state index is 6.61. The number of fused-ring (bicyclic) bond motifs is 12. The molecule has 2 aliphatic carbocycles. The van der Waals surface area contributed by atoms with Crippen LogP contribution in [0.2, 0.25) is 0 Å². The molecule has 1 atom stereocenters. The van der Waals surface area contributed by atoms with Gasteiger partial charge in [-0.15, -0.1) is 0 Å². The van der Waals surface area contributed by atoms with Crippen molar-refractivity contribution in [2.45, 2.75) is 17.9 Å². The highest BCUT2D eigenvalue weighted by Gasteiger charge is 2.51. The Bertz CT molecular complexity index is 3460. The number of para-hydroxylation sites is 2. The molecular weight excluding hydrogens is 779 g/mol. The van der Waals surface area contributed by atoms with Gasteiger partial charge in [-0.3, -0.25) is 0 Å². The van der Waals surface area contributed by atoms with Gasteiger partial charge in [0.1, 0.15) is 22.7 Å². The summed E-state index contributed by atoms with van der Waals surface area (Å²) in [5.74, 6) is 1.79. The van der Waals surface area contributed by atoms with Crippen LogP contribution in [0.1, 0.15) is 34.2 Å². The Labute approximate surface area is 372 Å². The molecule has 3 nitrogen and oxygen atoms in total. The standard InChI is InChI=1S/C61H41NO2/c1-3-14-40(15-4-1)42-26-30-46(31-27-42)62(47-19-13-18-43(36-47)41-16-5-2-6-17-41)48-32-35-58-52(39-48)51-37-44(29-34-57(51)63-58)45-28-33-50-49-20-7-8-21-53(49)61(56(50)38-45)54-22-9-11-24-59(54)64-60-25-12-10-23-55(60)61/h1-18,20-39,47H,19H2. The lowest BCUT2D eigenvalue weighted by molar-refractivity contribution is 0.436. The first-order valence-electron chi connectivity index (χ1n) is 22.2. The third-order valence-corrected chi connectivity index (χ3v) is 13.6. The number of ether oxygens (including phenoxy) is 1. The highest BCUT2D eigenvalue weighted by atomic mass is 16.5. The largest absolute Gasteiger partial charge is 0.457 e. The lowest BCUT2D eigenvalue weighted by Gasteiger charge is -2.39. The van der Waals surface area contributed by atoms with E-state index in [1.807, 2.05) is 0 Å². The van der Waals surface area contributed by atoms with E-state index in [9.17, 15) is 0 Å². The molecule has 1 unspecified atom stereocenters. The summed E-state index contributed by atoms with van der Waals surface area (Å²) in [7, 11) is 0. The first-order chi connectivity index (χ1) is 31.7. The van der Waals surface area contributed by atoms with Gasteiger partial charge < -0.3 is 14.1 Å². The number of nitrogens with zero attached hydrogens (tertiary/aromatic N) is 1. The monoisotopic (exact) mass is 819 g/mol. The molecule has 1 spiro atoms. The summed E-state index contributed by atoms with van der Waals surface area (Å²) in [5.41, 5.74) is 18.0. The molecule has 302 valence electrons. The summed E-state index contributed by atoms with van der Waals surface area (Å²) in [6.45, 7) is 0. The van der Waals surface area contributed by atoms with Crippen LogP contribution >= 0.6 is 0 Å². The lowest BCUT2D eigenvalue weighted by Crippen LogP contribution is -2.32. The number of allylic oxidation sites excluding steroid dienone is 2. The Morgan fingerprint density at radius 1 is 0.422 bits per heavy atom. The fourth-order valence-corrected chi connectivity index (χ4v) is 10.8. The molecule has 13 rings (SSSR count). The van der Waals surface area contributed by atoms with Crippen molar-refractivity contribution in [3.05, 3.63) is 258 Å². The smallest absolute Gasteiger partial charge is 0.135 e. The Hall–Kier alpha value is -8.14. The van der Waals surface area contributed by atoms with E-state index in [1.54, 1.807) is 0 Å². The quantitative estimate of drug-likeness (QED) is 0.167. The molecule has 0 saturated heterocycles. The molecular formula is C61H41NO2. The second-order valence-corrected chi connectivity index (χ2v) is 17.1. The van der Waals surface area contributed by atoms with Crippen molar-refractivity contribution < 1.29 is 9.15 Å². The highest BCUT2D eigenvalue weighted by molar-refractivity contribution is 6.08. The third-order valence-electron chi connectivity index (χ3n) is 13.6. The molecule has 0 bridgehead atoms. The number of hydrogen-bond acceptors (Lipinski definition) is 3. The van der Waals surface area contributed by atoms with E-state index >= 15 is 0 Å². The molecule has 64 heavy (non-hydrogen) atoms. The average molecular weight is 820 g/mol. The van der Waals surface area contributed by atoms with Gasteiger partial charge >= 0.3 is 0 Å². The zero-order valence-electron chi connectivity index (χ0n) is 35.0. The molecule has 10 aromatic rings. The van der Waals surface area contributed by atoms with Crippen LogP contribution in [0.15, 0.2) is 235 Å². The molecule has 3 heteroatoms. The molecule has 1 aromatic heterocycles. The Balaban J connectivity index is 0.951. The van der Waals surface area contributed by atoms with Crippen LogP contribution in [0.4, 0.5) is 11.4 Å². The fourth-order valence-electron chi connectivity index (χ4n) is 10.8. The summed E-state index contributed by atoms with van der Waals surface area (Å²) >= 11 is 0. The first kappa shape index (κ1) is 36.5. The van der Waals surface area contributed by atoms with Crippen LogP contribution in [0.5, 0.6) is 11.5 Å². The van der Waals surface area contributed by atoms with Gasteiger partial charge in [-0.05, 0) is 123 Å². The number of benzene rings is 9. The molecule has 0 amide bonds. The number of anilines is 2. The molecule has 0 N–H and O–H groups in total. The highest BCUT2D eigenvalue weighted by Crippen LogP contribution is 2.62. The second kappa shape index (κ2) is 14.5. The molecule has 0 fully saturated rings. The first-order valence-corrected chi connectivity index (χ1v) is 22.2. The minimum Gasteiger partial charge on any atom is -0.457 e. The van der Waals surface area contributed by atoms with Gasteiger partial charge in [0.15, 0.2) is 0 Å². The maximum atomic E-state index is 6.61. The Morgan fingerprint density at radius 3 is 1.72 bits per heavy atom. The van der Waals surface area contributed by atoms with Gasteiger partial charge in [-0.25, -0.2) is 0 Å². The van der Waals surface area contributed by atoms with Crippen LogP contribution in [0.25, 0.3) is 60.9 Å². The third kappa shape index (κ3) is 5.60. The summed E-state index contributed by atoms with van der Waals surface area (Å²) in [6, 6.07) is 76.8. The lowest BCUT2D eigenvalue weighted by atomic mass is 9.66. The van der Waals surface area contributed by atoms with Gasteiger partial charge in [0.2, 0.25) is 0 Å². The normalized spacial score (nSPS) is 15.2. The second-order valence-electron chi connectivity index (χ2n) is 17.1. The van der Waals surface area contributed by atoms with Crippen molar-refractivity contribution >= 4 is 38.9 Å². The van der Waals surface area contributed by atoms with Crippen LogP contribution in [-0.4, -0.2) is 6.04 Å². The fraction of sp³-hybridized carbons (Fsp3) is 0.0492. The summed E-state index contributed by atoms with van der Waals surface area (Å²) in [6.07, 6.45) is 7.88. The SMILES string of the molecule is C1=CC(c2ccccc2)=CC(N(c2ccc(-c3ccccc3)cc2)c2ccc3oc4ccc(-c5ccc6c(c5)C5(c7ccccc7Oc7ccccc75)c5ccccc5-6)cc4c3c2)C1. The minimum absolute atomic E-state index is 0.0947. The maximum Gasteiger partial charge on any atom is 0.135 e. The zero-order chi connectivity index (χ0) is 42.2. The van der Waals surface area contributed by atoms with E-state index in [1.165, 1.54) is 55.6 Å². The number of hydrogen-bond donors (Lipinski definition) is 0. The van der Waals surface area contributed by atoms with E-state index in [-0.39, 0.29) is 6.04 Å². The van der Waals surface area contributed by atoms with Crippen LogP contribution < -0.4 is 9.64 Å². The van der Waals surface area contributed by atoms with E-state index in [4.69, 9.17) is 9.15 Å². The molecule has 0 radical (unpaired) electrons. The van der Waals surface area contributed by atoms with Crippen molar-refractivity contribution in [2.75, 3.05) is 4.90 Å². The van der Waals surface area contributed by atoms with Gasteiger partial charge in [-0.1, -0.05) is 170 Å². The molecule has 1 aliphatic heterocycles. The molecule has 9 aromatic carbocycles. The Morgan fingerprint density at radius 2 is 0.969 bits per heavy atom. The average Bonchev–Trinajstić information content (AvgIpc) is 3.88. The van der Waals surface area contributed by atoms with Crippen molar-refractivity contribution in [1.29, 1.82) is 0 Å². The topological polar surface area (TPSA) is 25.6 Å². The van der Waals surface area contributed by atoms with E-state index in [2.05, 4.69) is 235 Å². The predicted octanol–water partition coefficient (Wildman–Crippen LogP) is 15.9. The van der Waals surface area contributed by atoms with Crippen molar-refractivity contribution in [2.24, 2.45) is 0 Å². The Kier molecular flexibility index (Phi) is 8.26. The molecule has 3 aliphatic rings. The summed E-state index contributed by atoms with van der Waals surface area (Å²) < 4.78 is 13.2. The molecule has 2 heterocycles. The van der Waals surface area contributed by atoms with E-state index in [0.29, 0.717) is 0 Å². The van der Waals surface area contributed by atoms with Gasteiger partial charge in [0.05, 0.1) is 11.5 Å². The molecule has 0 saturated carbocycles. The van der Waals surface area contributed by atoms with Crippen LogP contribution in [0.3, 0.4) is 0 Å². The number of rotatable bonds is 6. The zero-order valence-corrected chi connectivity index (χ0v) is 35.0. The predicted molar refractivity (Wildman–Crippen MR) is 263 cm³/mol. The van der Waals surface area contributed by atoms with Crippen LogP contribution in [-0.2, 0) is 5.41 Å². The van der Waals surface area contributed by atoms with E-state index < -0.39 is 5.41 Å². The van der Waals surface area contributed by atoms with Crippen molar-refractivity contribution in [1.82, 2.24) is 0 Å². The van der Waals surface area contributed by atoms with Gasteiger partial charge in [0, 0.05) is 33.3 Å². The van der Waals surface area contributed by atoms with Crippen molar-refractivity contribution in [3.8, 4) is 44.9 Å². The van der Waals surface area contributed by atoms with Gasteiger partial charge in [-0.2, -0.15) is 0 Å². The summed E-state index contributed by atoms with van der Waals surface area (Å²) in [4.78, 5) is 2.49. The van der Waals surface area contributed by atoms with Gasteiger partial charge in [0.25, 0.3) is 0 Å². The van der Waals surface area contributed by atoms with E-state index in [0.717, 1.165) is 62.4 Å². The van der Waals surface area contributed by atoms with Crippen molar-refractivity contribution in [3.63, 3.8) is 0 Å². The number of furan rings is 1.